The SMILES string of the molecule is CCn1cc(-c2ccnc3c(C(=O)Nc4nc(-c5ccc(OC(F)F)cc5)cs4)cnn23)c(C)n1. The second-order valence-corrected chi connectivity index (χ2v) is 8.36. The van der Waals surface area contributed by atoms with Crippen LogP contribution in [0.25, 0.3) is 28.2 Å². The van der Waals surface area contributed by atoms with Gasteiger partial charge >= 0.3 is 6.61 Å². The van der Waals surface area contributed by atoms with Crippen LogP contribution in [0.15, 0.2) is 54.3 Å². The van der Waals surface area contributed by atoms with Crippen LogP contribution in [0.1, 0.15) is 23.0 Å². The third kappa shape index (κ3) is 4.47. The van der Waals surface area contributed by atoms with Crippen molar-refractivity contribution in [3.05, 3.63) is 65.6 Å². The first-order valence-electron chi connectivity index (χ1n) is 10.6. The number of aryl methyl sites for hydroxylation is 2. The lowest BCUT2D eigenvalue weighted by atomic mass is 10.2. The Morgan fingerprint density at radius 2 is 2.03 bits per heavy atom. The molecule has 12 heteroatoms. The highest BCUT2D eigenvalue weighted by atomic mass is 32.1. The number of carbonyl (C=O) groups excluding carboxylic acids is 1. The van der Waals surface area contributed by atoms with Crippen LogP contribution in [0.3, 0.4) is 0 Å². The van der Waals surface area contributed by atoms with Crippen LogP contribution in [0.5, 0.6) is 5.75 Å². The zero-order valence-corrected chi connectivity index (χ0v) is 19.5. The summed E-state index contributed by atoms with van der Waals surface area (Å²) in [6.07, 6.45) is 5.04. The van der Waals surface area contributed by atoms with Gasteiger partial charge in [0.2, 0.25) is 0 Å². The van der Waals surface area contributed by atoms with Crippen LogP contribution in [-0.4, -0.2) is 41.9 Å². The monoisotopic (exact) mass is 495 g/mol. The van der Waals surface area contributed by atoms with E-state index in [1.165, 1.54) is 29.7 Å². The molecule has 0 atom stereocenters. The van der Waals surface area contributed by atoms with Gasteiger partial charge in [0, 0.05) is 35.4 Å². The van der Waals surface area contributed by atoms with Crippen molar-refractivity contribution in [2.75, 3.05) is 5.32 Å². The van der Waals surface area contributed by atoms with Crippen molar-refractivity contribution in [3.63, 3.8) is 0 Å². The molecule has 5 rings (SSSR count). The molecule has 4 heterocycles. The Labute approximate surface area is 202 Å². The smallest absolute Gasteiger partial charge is 0.387 e. The van der Waals surface area contributed by atoms with E-state index in [0.29, 0.717) is 27.6 Å². The maximum absolute atomic E-state index is 13.0. The van der Waals surface area contributed by atoms with Gasteiger partial charge in [0.25, 0.3) is 5.91 Å². The highest BCUT2D eigenvalue weighted by Crippen LogP contribution is 2.28. The molecule has 0 saturated heterocycles. The lowest BCUT2D eigenvalue weighted by Gasteiger charge is -2.04. The first-order valence-corrected chi connectivity index (χ1v) is 11.5. The van der Waals surface area contributed by atoms with Gasteiger partial charge in [-0.05, 0) is 44.2 Å². The van der Waals surface area contributed by atoms with E-state index >= 15 is 0 Å². The molecule has 1 N–H and O–H groups in total. The number of carbonyl (C=O) groups is 1. The molecule has 0 aliphatic carbocycles. The Hall–Kier alpha value is -4.19. The third-order valence-corrected chi connectivity index (χ3v) is 6.05. The molecule has 0 saturated carbocycles. The van der Waals surface area contributed by atoms with Crippen LogP contribution < -0.4 is 10.1 Å². The molecule has 1 aromatic carbocycles. The molecule has 0 fully saturated rings. The summed E-state index contributed by atoms with van der Waals surface area (Å²) in [7, 11) is 0. The average Bonchev–Trinajstić information content (AvgIpc) is 3.57. The van der Waals surface area contributed by atoms with Crippen LogP contribution in [0.2, 0.25) is 0 Å². The number of benzene rings is 1. The first kappa shape index (κ1) is 22.6. The molecular weight excluding hydrogens is 476 g/mol. The van der Waals surface area contributed by atoms with Gasteiger partial charge in [-0.2, -0.15) is 19.0 Å². The lowest BCUT2D eigenvalue weighted by molar-refractivity contribution is -0.0498. The fourth-order valence-corrected chi connectivity index (χ4v) is 4.34. The van der Waals surface area contributed by atoms with E-state index in [0.717, 1.165) is 23.5 Å². The van der Waals surface area contributed by atoms with Gasteiger partial charge in [-0.3, -0.25) is 14.8 Å². The molecule has 0 radical (unpaired) electrons. The number of alkyl halides is 2. The predicted molar refractivity (Wildman–Crippen MR) is 127 cm³/mol. The number of fused-ring (bicyclic) bond motifs is 1. The Morgan fingerprint density at radius 3 is 2.74 bits per heavy atom. The Morgan fingerprint density at radius 1 is 1.23 bits per heavy atom. The second-order valence-electron chi connectivity index (χ2n) is 7.50. The van der Waals surface area contributed by atoms with Crippen LogP contribution in [0.4, 0.5) is 13.9 Å². The number of hydrogen-bond acceptors (Lipinski definition) is 7. The minimum Gasteiger partial charge on any atom is -0.435 e. The first-order chi connectivity index (χ1) is 16.9. The molecule has 35 heavy (non-hydrogen) atoms. The van der Waals surface area contributed by atoms with Crippen molar-refractivity contribution in [3.8, 4) is 28.3 Å². The summed E-state index contributed by atoms with van der Waals surface area (Å²) in [5, 5.41) is 13.8. The van der Waals surface area contributed by atoms with Crippen molar-refractivity contribution in [2.45, 2.75) is 27.0 Å². The van der Waals surface area contributed by atoms with Gasteiger partial charge in [-0.1, -0.05) is 0 Å². The number of hydrogen-bond donors (Lipinski definition) is 1. The van der Waals surface area contributed by atoms with Crippen molar-refractivity contribution in [1.82, 2.24) is 29.4 Å². The van der Waals surface area contributed by atoms with Crippen molar-refractivity contribution >= 4 is 28.0 Å². The number of halogens is 2. The number of amides is 1. The zero-order chi connectivity index (χ0) is 24.5. The standard InChI is InChI=1S/C23H19F2N7O2S/c1-3-31-11-17(13(2)30-31)19-8-9-26-20-16(10-27-32(19)20)21(33)29-23-28-18(12-35-23)14-4-6-15(7-5-14)34-22(24)25/h4-12,22H,3H2,1-2H3,(H,28,29,33). The molecular formula is C23H19F2N7O2S. The summed E-state index contributed by atoms with van der Waals surface area (Å²) < 4.78 is 32.5. The highest BCUT2D eigenvalue weighted by Gasteiger charge is 2.19. The molecule has 0 aliphatic rings. The van der Waals surface area contributed by atoms with Gasteiger partial charge in [0.1, 0.15) is 11.3 Å². The highest BCUT2D eigenvalue weighted by molar-refractivity contribution is 7.14. The maximum Gasteiger partial charge on any atom is 0.387 e. The molecule has 0 unspecified atom stereocenters. The summed E-state index contributed by atoms with van der Waals surface area (Å²) in [5.41, 5.74) is 4.55. The Kier molecular flexibility index (Phi) is 5.95. The van der Waals surface area contributed by atoms with E-state index in [1.807, 2.05) is 30.8 Å². The quantitative estimate of drug-likeness (QED) is 0.345. The van der Waals surface area contributed by atoms with Gasteiger partial charge in [0.05, 0.1) is 23.3 Å². The summed E-state index contributed by atoms with van der Waals surface area (Å²) in [6, 6.07) is 7.95. The fraction of sp³-hybridized carbons (Fsp3) is 0.174. The molecule has 1 amide bonds. The van der Waals surface area contributed by atoms with Crippen LogP contribution in [-0.2, 0) is 6.54 Å². The van der Waals surface area contributed by atoms with E-state index in [-0.39, 0.29) is 5.75 Å². The second kappa shape index (κ2) is 9.22. The Bertz CT molecular complexity index is 1510. The summed E-state index contributed by atoms with van der Waals surface area (Å²) >= 11 is 1.24. The zero-order valence-electron chi connectivity index (χ0n) is 18.6. The Balaban J connectivity index is 1.37. The fourth-order valence-electron chi connectivity index (χ4n) is 3.62. The maximum atomic E-state index is 13.0. The lowest BCUT2D eigenvalue weighted by Crippen LogP contribution is -2.12. The number of anilines is 1. The number of nitrogens with one attached hydrogen (secondary N) is 1. The number of rotatable bonds is 7. The van der Waals surface area contributed by atoms with Gasteiger partial charge < -0.3 is 4.74 Å². The molecule has 0 aliphatic heterocycles. The average molecular weight is 496 g/mol. The van der Waals surface area contributed by atoms with E-state index in [9.17, 15) is 13.6 Å². The molecule has 5 aromatic rings. The number of aromatic nitrogens is 6. The summed E-state index contributed by atoms with van der Waals surface area (Å²) in [4.78, 5) is 21.8. The van der Waals surface area contributed by atoms with E-state index < -0.39 is 12.5 Å². The van der Waals surface area contributed by atoms with Crippen molar-refractivity contribution in [1.29, 1.82) is 0 Å². The summed E-state index contributed by atoms with van der Waals surface area (Å²) in [5.74, 6) is -0.336. The van der Waals surface area contributed by atoms with E-state index in [1.54, 1.807) is 28.2 Å². The van der Waals surface area contributed by atoms with Crippen molar-refractivity contribution in [2.24, 2.45) is 0 Å². The van der Waals surface area contributed by atoms with E-state index in [4.69, 9.17) is 0 Å². The topological polar surface area (TPSA) is 99.2 Å². The largest absolute Gasteiger partial charge is 0.435 e. The minimum absolute atomic E-state index is 0.0599. The van der Waals surface area contributed by atoms with Gasteiger partial charge in [0.15, 0.2) is 10.8 Å². The predicted octanol–water partition coefficient (Wildman–Crippen LogP) is 4.90. The van der Waals surface area contributed by atoms with Gasteiger partial charge in [-0.15, -0.1) is 11.3 Å². The molecule has 0 bridgehead atoms. The van der Waals surface area contributed by atoms with Crippen LogP contribution >= 0.6 is 11.3 Å². The minimum atomic E-state index is -2.88. The van der Waals surface area contributed by atoms with Crippen molar-refractivity contribution < 1.29 is 18.3 Å². The molecule has 4 aromatic heterocycles. The molecule has 0 spiro atoms. The summed E-state index contributed by atoms with van der Waals surface area (Å²) in [6.45, 7) is 1.79. The molecule has 9 nitrogen and oxygen atoms in total. The molecule has 178 valence electrons. The third-order valence-electron chi connectivity index (χ3n) is 5.29. The number of nitrogens with zero attached hydrogens (tertiary/aromatic N) is 6. The normalized spacial score (nSPS) is 11.3. The number of thiazole rings is 1. The van der Waals surface area contributed by atoms with Gasteiger partial charge in [-0.25, -0.2) is 14.5 Å². The number of ether oxygens (including phenoxy) is 1. The van der Waals surface area contributed by atoms with Crippen LogP contribution in [0, 0.1) is 6.92 Å². The van der Waals surface area contributed by atoms with E-state index in [2.05, 4.69) is 30.2 Å².